The quantitative estimate of drug-likeness (QED) is 0.886. The highest BCUT2D eigenvalue weighted by Crippen LogP contribution is 2.24. The minimum atomic E-state index is 0.117. The van der Waals surface area contributed by atoms with Crippen molar-refractivity contribution in [2.24, 2.45) is 11.7 Å². The molecule has 1 aliphatic carbocycles. The second-order valence-corrected chi connectivity index (χ2v) is 6.31. The molecule has 0 aliphatic heterocycles. The van der Waals surface area contributed by atoms with Gasteiger partial charge in [-0.15, -0.1) is 0 Å². The molecule has 3 atom stereocenters. The summed E-state index contributed by atoms with van der Waals surface area (Å²) in [6.45, 7) is 6.31. The summed E-state index contributed by atoms with van der Waals surface area (Å²) in [6.07, 6.45) is 3.63. The number of benzene rings is 1. The molecule has 20 heavy (non-hydrogen) atoms. The zero-order chi connectivity index (χ0) is 14.7. The Morgan fingerprint density at radius 1 is 1.40 bits per heavy atom. The molecule has 0 heterocycles. The Kier molecular flexibility index (Phi) is 4.81. The SMILES string of the molecule is Cc1ccc(CC(C)NC(=O)C2CCC(N)C2)c(C)c1. The van der Waals surface area contributed by atoms with E-state index < -0.39 is 0 Å². The second-order valence-electron chi connectivity index (χ2n) is 6.31. The summed E-state index contributed by atoms with van der Waals surface area (Å²) in [4.78, 5) is 12.2. The third-order valence-corrected chi connectivity index (χ3v) is 4.26. The molecule has 1 aromatic rings. The lowest BCUT2D eigenvalue weighted by Crippen LogP contribution is -2.38. The molecule has 3 nitrogen and oxygen atoms in total. The fraction of sp³-hybridized carbons (Fsp3) is 0.588. The van der Waals surface area contributed by atoms with Crippen molar-refractivity contribution in [1.29, 1.82) is 0 Å². The maximum Gasteiger partial charge on any atom is 0.223 e. The Labute approximate surface area is 121 Å². The lowest BCUT2D eigenvalue weighted by atomic mass is 9.99. The molecule has 0 spiro atoms. The number of amides is 1. The monoisotopic (exact) mass is 274 g/mol. The third kappa shape index (κ3) is 3.83. The van der Waals surface area contributed by atoms with Gasteiger partial charge in [-0.3, -0.25) is 4.79 Å². The topological polar surface area (TPSA) is 55.1 Å². The average Bonchev–Trinajstić information content (AvgIpc) is 2.79. The number of nitrogens with one attached hydrogen (secondary N) is 1. The highest BCUT2D eigenvalue weighted by Gasteiger charge is 2.28. The Balaban J connectivity index is 1.88. The first kappa shape index (κ1) is 15.0. The van der Waals surface area contributed by atoms with Gasteiger partial charge < -0.3 is 11.1 Å². The van der Waals surface area contributed by atoms with Gasteiger partial charge in [0.1, 0.15) is 0 Å². The van der Waals surface area contributed by atoms with Crippen LogP contribution in [0.15, 0.2) is 18.2 Å². The minimum absolute atomic E-state index is 0.117. The number of carbonyl (C=O) groups is 1. The molecule has 1 saturated carbocycles. The van der Waals surface area contributed by atoms with Crippen LogP contribution < -0.4 is 11.1 Å². The molecule has 0 aromatic heterocycles. The molecule has 1 fully saturated rings. The van der Waals surface area contributed by atoms with Gasteiger partial charge in [0.15, 0.2) is 0 Å². The number of rotatable bonds is 4. The zero-order valence-electron chi connectivity index (χ0n) is 12.8. The van der Waals surface area contributed by atoms with E-state index in [1.54, 1.807) is 0 Å². The summed E-state index contributed by atoms with van der Waals surface area (Å²) in [5.41, 5.74) is 9.76. The summed E-state index contributed by atoms with van der Waals surface area (Å²) < 4.78 is 0. The van der Waals surface area contributed by atoms with Crippen molar-refractivity contribution in [1.82, 2.24) is 5.32 Å². The van der Waals surface area contributed by atoms with Gasteiger partial charge in [-0.1, -0.05) is 23.8 Å². The molecule has 1 aromatic carbocycles. The van der Waals surface area contributed by atoms with Crippen LogP contribution in [0.4, 0.5) is 0 Å². The molecule has 2 rings (SSSR count). The number of nitrogens with two attached hydrogens (primary N) is 1. The van der Waals surface area contributed by atoms with E-state index >= 15 is 0 Å². The van der Waals surface area contributed by atoms with E-state index in [1.165, 1.54) is 16.7 Å². The van der Waals surface area contributed by atoms with Gasteiger partial charge in [-0.25, -0.2) is 0 Å². The second kappa shape index (κ2) is 6.40. The van der Waals surface area contributed by atoms with E-state index in [2.05, 4.69) is 44.3 Å². The fourth-order valence-electron chi connectivity index (χ4n) is 3.07. The molecule has 1 amide bonds. The van der Waals surface area contributed by atoms with Gasteiger partial charge >= 0.3 is 0 Å². The standard InChI is InChI=1S/C17H26N2O/c1-11-4-5-14(12(2)8-11)9-13(3)19-17(20)15-6-7-16(18)10-15/h4-5,8,13,15-16H,6-7,9-10,18H2,1-3H3,(H,19,20). The van der Waals surface area contributed by atoms with E-state index in [-0.39, 0.29) is 23.9 Å². The summed E-state index contributed by atoms with van der Waals surface area (Å²) in [6, 6.07) is 6.87. The predicted molar refractivity (Wildman–Crippen MR) is 82.5 cm³/mol. The van der Waals surface area contributed by atoms with E-state index in [4.69, 9.17) is 5.73 Å². The molecule has 0 radical (unpaired) electrons. The van der Waals surface area contributed by atoms with Crippen LogP contribution in [0.1, 0.15) is 42.9 Å². The molecular weight excluding hydrogens is 248 g/mol. The van der Waals surface area contributed by atoms with Crippen molar-refractivity contribution < 1.29 is 4.79 Å². The predicted octanol–water partition coefficient (Wildman–Crippen LogP) is 2.48. The van der Waals surface area contributed by atoms with Crippen molar-refractivity contribution >= 4 is 5.91 Å². The molecular formula is C17H26N2O. The average molecular weight is 274 g/mol. The normalized spacial score (nSPS) is 23.6. The highest BCUT2D eigenvalue weighted by atomic mass is 16.1. The van der Waals surface area contributed by atoms with Gasteiger partial charge in [-0.2, -0.15) is 0 Å². The van der Waals surface area contributed by atoms with Crippen molar-refractivity contribution in [2.75, 3.05) is 0 Å². The molecule has 1 aliphatic rings. The third-order valence-electron chi connectivity index (χ3n) is 4.26. The molecule has 0 saturated heterocycles. The van der Waals surface area contributed by atoms with Crippen LogP contribution in [0.3, 0.4) is 0 Å². The Morgan fingerprint density at radius 2 is 2.15 bits per heavy atom. The summed E-state index contributed by atoms with van der Waals surface area (Å²) >= 11 is 0. The van der Waals surface area contributed by atoms with E-state index in [0.717, 1.165) is 25.7 Å². The maximum absolute atomic E-state index is 12.2. The van der Waals surface area contributed by atoms with Crippen molar-refractivity contribution in [3.63, 3.8) is 0 Å². The maximum atomic E-state index is 12.2. The minimum Gasteiger partial charge on any atom is -0.353 e. The first-order valence-electron chi connectivity index (χ1n) is 7.57. The number of hydrogen-bond acceptors (Lipinski definition) is 2. The smallest absolute Gasteiger partial charge is 0.223 e. The largest absolute Gasteiger partial charge is 0.353 e. The first-order valence-corrected chi connectivity index (χ1v) is 7.57. The molecule has 110 valence electrons. The van der Waals surface area contributed by atoms with Gasteiger partial charge in [0, 0.05) is 18.0 Å². The number of carbonyl (C=O) groups excluding carboxylic acids is 1. The fourth-order valence-corrected chi connectivity index (χ4v) is 3.07. The molecule has 3 N–H and O–H groups in total. The molecule has 0 bridgehead atoms. The van der Waals surface area contributed by atoms with Crippen molar-refractivity contribution in [3.05, 3.63) is 34.9 Å². The Hall–Kier alpha value is -1.35. The molecule has 3 unspecified atom stereocenters. The Morgan fingerprint density at radius 3 is 2.75 bits per heavy atom. The first-order chi connectivity index (χ1) is 9.45. The van der Waals surface area contributed by atoms with Crippen LogP contribution in [-0.4, -0.2) is 18.0 Å². The Bertz CT molecular complexity index is 484. The van der Waals surface area contributed by atoms with E-state index in [0.29, 0.717) is 0 Å². The van der Waals surface area contributed by atoms with Crippen LogP contribution in [0.5, 0.6) is 0 Å². The summed E-state index contributed by atoms with van der Waals surface area (Å²) in [5, 5.41) is 3.14. The lowest BCUT2D eigenvalue weighted by molar-refractivity contribution is -0.125. The number of hydrogen-bond donors (Lipinski definition) is 2. The molecule has 3 heteroatoms. The van der Waals surface area contributed by atoms with Crippen molar-refractivity contribution in [2.45, 2.75) is 58.5 Å². The van der Waals surface area contributed by atoms with Crippen LogP contribution >= 0.6 is 0 Å². The van der Waals surface area contributed by atoms with Gasteiger partial charge in [-0.05, 0) is 57.6 Å². The van der Waals surface area contributed by atoms with Crippen LogP contribution in [-0.2, 0) is 11.2 Å². The van der Waals surface area contributed by atoms with Crippen LogP contribution in [0, 0.1) is 19.8 Å². The lowest BCUT2D eigenvalue weighted by Gasteiger charge is -2.18. The van der Waals surface area contributed by atoms with Gasteiger partial charge in [0.05, 0.1) is 0 Å². The van der Waals surface area contributed by atoms with E-state index in [9.17, 15) is 4.79 Å². The highest BCUT2D eigenvalue weighted by molar-refractivity contribution is 5.79. The van der Waals surface area contributed by atoms with Crippen LogP contribution in [0.25, 0.3) is 0 Å². The zero-order valence-corrected chi connectivity index (χ0v) is 12.8. The van der Waals surface area contributed by atoms with Crippen LogP contribution in [0.2, 0.25) is 0 Å². The number of aryl methyl sites for hydroxylation is 2. The van der Waals surface area contributed by atoms with Crippen molar-refractivity contribution in [3.8, 4) is 0 Å². The van der Waals surface area contributed by atoms with E-state index in [1.807, 2.05) is 0 Å². The van der Waals surface area contributed by atoms with Gasteiger partial charge in [0.2, 0.25) is 5.91 Å². The summed E-state index contributed by atoms with van der Waals surface area (Å²) in [7, 11) is 0. The summed E-state index contributed by atoms with van der Waals surface area (Å²) in [5.74, 6) is 0.293. The van der Waals surface area contributed by atoms with Gasteiger partial charge in [0.25, 0.3) is 0 Å².